The summed E-state index contributed by atoms with van der Waals surface area (Å²) in [6, 6.07) is 9.02. The van der Waals surface area contributed by atoms with Gasteiger partial charge in [0.25, 0.3) is 0 Å². The predicted octanol–water partition coefficient (Wildman–Crippen LogP) is 2.20. The third-order valence-electron chi connectivity index (χ3n) is 5.04. The van der Waals surface area contributed by atoms with Gasteiger partial charge in [0.05, 0.1) is 6.61 Å². The summed E-state index contributed by atoms with van der Waals surface area (Å²) in [7, 11) is 0. The molecule has 3 rings (SSSR count). The molecular formula is C19H26N2O2. The second-order valence-corrected chi connectivity index (χ2v) is 6.49. The summed E-state index contributed by atoms with van der Waals surface area (Å²) in [4.78, 5) is 11.4. The van der Waals surface area contributed by atoms with E-state index in [2.05, 4.69) is 41.0 Å². The summed E-state index contributed by atoms with van der Waals surface area (Å²) in [5.74, 6) is 0.324. The van der Waals surface area contributed by atoms with Crippen molar-refractivity contribution in [3.8, 4) is 0 Å². The highest BCUT2D eigenvalue weighted by molar-refractivity contribution is 5.75. The van der Waals surface area contributed by atoms with Crippen LogP contribution in [0.25, 0.3) is 5.57 Å². The Morgan fingerprint density at radius 1 is 1.30 bits per heavy atom. The summed E-state index contributed by atoms with van der Waals surface area (Å²) >= 11 is 0. The van der Waals surface area contributed by atoms with Crippen LogP contribution < -0.4 is 10.6 Å². The molecule has 0 bridgehead atoms. The SMILES string of the molecule is CCC(=O)NC[C@H]1N[C@H](CO)[C@@H]1c1ccc(C2=CCCC2)cc1. The number of allylic oxidation sites excluding steroid dienone is 2. The molecule has 3 atom stereocenters. The lowest BCUT2D eigenvalue weighted by Gasteiger charge is -2.46. The highest BCUT2D eigenvalue weighted by Crippen LogP contribution is 2.34. The van der Waals surface area contributed by atoms with Gasteiger partial charge in [-0.15, -0.1) is 0 Å². The zero-order valence-corrected chi connectivity index (χ0v) is 13.7. The summed E-state index contributed by atoms with van der Waals surface area (Å²) < 4.78 is 0. The van der Waals surface area contributed by atoms with Crippen molar-refractivity contribution in [2.75, 3.05) is 13.2 Å². The lowest BCUT2D eigenvalue weighted by atomic mass is 9.77. The largest absolute Gasteiger partial charge is 0.395 e. The Hall–Kier alpha value is -1.65. The van der Waals surface area contributed by atoms with Crippen LogP contribution in [0.15, 0.2) is 30.3 Å². The normalized spacial score (nSPS) is 26.5. The van der Waals surface area contributed by atoms with Gasteiger partial charge in [-0.1, -0.05) is 37.3 Å². The first-order valence-electron chi connectivity index (χ1n) is 8.66. The van der Waals surface area contributed by atoms with E-state index in [4.69, 9.17) is 0 Å². The number of carbonyl (C=O) groups is 1. The van der Waals surface area contributed by atoms with Gasteiger partial charge in [0.1, 0.15) is 0 Å². The molecule has 0 spiro atoms. The quantitative estimate of drug-likeness (QED) is 0.754. The molecule has 0 radical (unpaired) electrons. The van der Waals surface area contributed by atoms with Crippen molar-refractivity contribution in [2.24, 2.45) is 0 Å². The average molecular weight is 314 g/mol. The molecule has 23 heavy (non-hydrogen) atoms. The monoisotopic (exact) mass is 314 g/mol. The van der Waals surface area contributed by atoms with Crippen molar-refractivity contribution in [1.29, 1.82) is 0 Å². The minimum Gasteiger partial charge on any atom is -0.395 e. The van der Waals surface area contributed by atoms with Crippen LogP contribution in [0.4, 0.5) is 0 Å². The number of carbonyl (C=O) groups excluding carboxylic acids is 1. The van der Waals surface area contributed by atoms with Crippen molar-refractivity contribution >= 4 is 11.5 Å². The van der Waals surface area contributed by atoms with Gasteiger partial charge in [0, 0.05) is 31.0 Å². The van der Waals surface area contributed by atoms with Crippen LogP contribution in [0.3, 0.4) is 0 Å². The number of aliphatic hydroxyl groups excluding tert-OH is 1. The summed E-state index contributed by atoms with van der Waals surface area (Å²) in [5.41, 5.74) is 4.00. The molecule has 0 aromatic heterocycles. The molecule has 0 unspecified atom stereocenters. The van der Waals surface area contributed by atoms with Gasteiger partial charge < -0.3 is 15.7 Å². The number of hydrogen-bond donors (Lipinski definition) is 3. The number of nitrogens with one attached hydrogen (secondary N) is 2. The van der Waals surface area contributed by atoms with E-state index < -0.39 is 0 Å². The van der Waals surface area contributed by atoms with Crippen LogP contribution in [-0.4, -0.2) is 36.2 Å². The standard InChI is InChI=1S/C19H26N2O2/c1-2-18(23)20-11-16-19(17(12-22)21-16)15-9-7-14(8-10-15)13-5-3-4-6-13/h5,7-10,16-17,19,21-22H,2-4,6,11-12H2,1H3,(H,20,23)/t16-,17-,19-/m1/s1. The molecule has 124 valence electrons. The molecule has 1 aliphatic carbocycles. The number of amides is 1. The molecule has 1 saturated heterocycles. The fourth-order valence-electron chi connectivity index (χ4n) is 3.66. The lowest BCUT2D eigenvalue weighted by Crippen LogP contribution is -2.64. The van der Waals surface area contributed by atoms with Gasteiger partial charge in [-0.05, 0) is 36.0 Å². The highest BCUT2D eigenvalue weighted by atomic mass is 16.3. The zero-order valence-electron chi connectivity index (χ0n) is 13.7. The van der Waals surface area contributed by atoms with E-state index in [1.165, 1.54) is 36.0 Å². The average Bonchev–Trinajstić information content (AvgIpc) is 3.09. The van der Waals surface area contributed by atoms with Gasteiger partial charge >= 0.3 is 0 Å². The number of aliphatic hydroxyl groups is 1. The molecule has 4 nitrogen and oxygen atoms in total. The Bertz CT molecular complexity index is 580. The Balaban J connectivity index is 1.68. The van der Waals surface area contributed by atoms with Gasteiger partial charge in [0.15, 0.2) is 0 Å². The maximum atomic E-state index is 11.4. The first-order valence-corrected chi connectivity index (χ1v) is 8.66. The molecule has 2 aliphatic rings. The Morgan fingerprint density at radius 2 is 2.09 bits per heavy atom. The van der Waals surface area contributed by atoms with Crippen molar-refractivity contribution in [1.82, 2.24) is 10.6 Å². The van der Waals surface area contributed by atoms with E-state index in [9.17, 15) is 9.90 Å². The molecule has 1 amide bonds. The van der Waals surface area contributed by atoms with Crippen molar-refractivity contribution in [3.63, 3.8) is 0 Å². The van der Waals surface area contributed by atoms with Gasteiger partial charge in [0.2, 0.25) is 5.91 Å². The Labute approximate surface area is 138 Å². The van der Waals surface area contributed by atoms with Crippen LogP contribution in [0, 0.1) is 0 Å². The minimum atomic E-state index is 0.0708. The van der Waals surface area contributed by atoms with Crippen LogP contribution in [0.5, 0.6) is 0 Å². The molecular weight excluding hydrogens is 288 g/mol. The van der Waals surface area contributed by atoms with Crippen LogP contribution >= 0.6 is 0 Å². The van der Waals surface area contributed by atoms with Crippen molar-refractivity contribution < 1.29 is 9.90 Å². The maximum Gasteiger partial charge on any atom is 0.219 e. The van der Waals surface area contributed by atoms with Gasteiger partial charge in [-0.3, -0.25) is 4.79 Å². The maximum absolute atomic E-state index is 11.4. The highest BCUT2D eigenvalue weighted by Gasteiger charge is 2.40. The predicted molar refractivity (Wildman–Crippen MR) is 92.1 cm³/mol. The molecule has 1 heterocycles. The molecule has 4 heteroatoms. The second-order valence-electron chi connectivity index (χ2n) is 6.49. The van der Waals surface area contributed by atoms with Gasteiger partial charge in [-0.2, -0.15) is 0 Å². The number of rotatable bonds is 6. The summed E-state index contributed by atoms with van der Waals surface area (Å²) in [6.45, 7) is 2.59. The fourth-order valence-corrected chi connectivity index (χ4v) is 3.66. The van der Waals surface area contributed by atoms with Crippen LogP contribution in [0.2, 0.25) is 0 Å². The van der Waals surface area contributed by atoms with E-state index in [1.807, 2.05) is 6.92 Å². The summed E-state index contributed by atoms with van der Waals surface area (Å²) in [5, 5.41) is 15.8. The second kappa shape index (κ2) is 7.28. The van der Waals surface area contributed by atoms with Gasteiger partial charge in [-0.25, -0.2) is 0 Å². The van der Waals surface area contributed by atoms with Crippen LogP contribution in [-0.2, 0) is 4.79 Å². The molecule has 1 aromatic carbocycles. The summed E-state index contributed by atoms with van der Waals surface area (Å²) in [6.07, 6.45) is 6.46. The first-order chi connectivity index (χ1) is 11.2. The van der Waals surface area contributed by atoms with E-state index in [0.29, 0.717) is 13.0 Å². The van der Waals surface area contributed by atoms with E-state index in [-0.39, 0.29) is 30.5 Å². The van der Waals surface area contributed by atoms with Crippen molar-refractivity contribution in [2.45, 2.75) is 50.6 Å². The molecule has 0 saturated carbocycles. The third kappa shape index (κ3) is 3.48. The molecule has 1 aromatic rings. The Morgan fingerprint density at radius 3 is 2.70 bits per heavy atom. The number of hydrogen-bond acceptors (Lipinski definition) is 3. The molecule has 3 N–H and O–H groups in total. The lowest BCUT2D eigenvalue weighted by molar-refractivity contribution is -0.121. The smallest absolute Gasteiger partial charge is 0.219 e. The molecule has 1 fully saturated rings. The van der Waals surface area contributed by atoms with Crippen molar-refractivity contribution in [3.05, 3.63) is 41.5 Å². The minimum absolute atomic E-state index is 0.0708. The first kappa shape index (κ1) is 16.2. The third-order valence-corrected chi connectivity index (χ3v) is 5.04. The van der Waals surface area contributed by atoms with Crippen LogP contribution in [0.1, 0.15) is 49.7 Å². The number of benzene rings is 1. The fraction of sp³-hybridized carbons (Fsp3) is 0.526. The zero-order chi connectivity index (χ0) is 16.2. The van der Waals surface area contributed by atoms with E-state index in [1.54, 1.807) is 0 Å². The van der Waals surface area contributed by atoms with E-state index >= 15 is 0 Å². The van der Waals surface area contributed by atoms with E-state index in [0.717, 1.165) is 0 Å². The topological polar surface area (TPSA) is 61.4 Å². The molecule has 1 aliphatic heterocycles. The Kier molecular flexibility index (Phi) is 5.13.